The molecule has 0 spiro atoms. The molecule has 3 rings (SSSR count). The predicted molar refractivity (Wildman–Crippen MR) is 83.3 cm³/mol. The van der Waals surface area contributed by atoms with Gasteiger partial charge in [-0.25, -0.2) is 4.39 Å². The van der Waals surface area contributed by atoms with E-state index in [0.717, 1.165) is 32.3 Å². The molecule has 120 valence electrons. The highest BCUT2D eigenvalue weighted by Gasteiger charge is 2.33. The van der Waals surface area contributed by atoms with Crippen molar-refractivity contribution in [2.75, 3.05) is 18.1 Å². The molecule has 5 heteroatoms. The summed E-state index contributed by atoms with van der Waals surface area (Å²) in [6.07, 6.45) is 3.95. The van der Waals surface area contributed by atoms with Crippen LogP contribution >= 0.6 is 0 Å². The van der Waals surface area contributed by atoms with E-state index >= 15 is 0 Å². The molecule has 1 aromatic rings. The molecule has 0 saturated carbocycles. The Morgan fingerprint density at radius 2 is 2.14 bits per heavy atom. The number of rotatable bonds is 4. The molecule has 0 radical (unpaired) electrons. The first kappa shape index (κ1) is 15.4. The minimum Gasteiger partial charge on any atom is -0.377 e. The van der Waals surface area contributed by atoms with Gasteiger partial charge in [0.05, 0.1) is 17.8 Å². The highest BCUT2D eigenvalue weighted by Crippen LogP contribution is 2.25. The van der Waals surface area contributed by atoms with Crippen molar-refractivity contribution in [3.8, 4) is 0 Å². The molecule has 2 aliphatic heterocycles. The number of nitrogens with one attached hydrogen (secondary N) is 1. The quantitative estimate of drug-likeness (QED) is 0.929. The van der Waals surface area contributed by atoms with Crippen LogP contribution in [0.1, 0.15) is 32.6 Å². The Hall–Kier alpha value is -1.46. The van der Waals surface area contributed by atoms with Crippen molar-refractivity contribution in [2.45, 2.75) is 50.8 Å². The van der Waals surface area contributed by atoms with Gasteiger partial charge < -0.3 is 15.0 Å². The molecule has 0 aliphatic carbocycles. The van der Waals surface area contributed by atoms with Crippen molar-refractivity contribution in [2.24, 2.45) is 0 Å². The number of benzene rings is 1. The van der Waals surface area contributed by atoms with Crippen LogP contribution in [0.4, 0.5) is 10.1 Å². The fourth-order valence-corrected chi connectivity index (χ4v) is 3.36. The summed E-state index contributed by atoms with van der Waals surface area (Å²) in [5, 5.41) is 3.39. The Labute approximate surface area is 130 Å². The van der Waals surface area contributed by atoms with Gasteiger partial charge in [0.15, 0.2) is 0 Å². The number of carbonyl (C=O) groups is 1. The molecule has 2 fully saturated rings. The van der Waals surface area contributed by atoms with Gasteiger partial charge in [0, 0.05) is 19.2 Å². The normalized spacial score (nSPS) is 27.2. The predicted octanol–water partition coefficient (Wildman–Crippen LogP) is 2.48. The molecule has 2 heterocycles. The van der Waals surface area contributed by atoms with E-state index in [2.05, 4.69) is 12.2 Å². The zero-order chi connectivity index (χ0) is 15.5. The van der Waals surface area contributed by atoms with E-state index in [0.29, 0.717) is 12.2 Å². The van der Waals surface area contributed by atoms with Crippen LogP contribution in [0.15, 0.2) is 24.3 Å². The maximum absolute atomic E-state index is 13.9. The Morgan fingerprint density at radius 1 is 1.32 bits per heavy atom. The van der Waals surface area contributed by atoms with E-state index in [1.807, 2.05) is 0 Å². The van der Waals surface area contributed by atoms with Gasteiger partial charge in [0.2, 0.25) is 5.91 Å². The lowest BCUT2D eigenvalue weighted by molar-refractivity contribution is -0.122. The Bertz CT molecular complexity index is 531. The van der Waals surface area contributed by atoms with E-state index in [4.69, 9.17) is 4.74 Å². The van der Waals surface area contributed by atoms with E-state index in [1.165, 1.54) is 6.07 Å². The van der Waals surface area contributed by atoms with Gasteiger partial charge in [-0.2, -0.15) is 0 Å². The molecule has 1 N–H and O–H groups in total. The second-order valence-corrected chi connectivity index (χ2v) is 6.14. The SMILES string of the molecule is C[C@H](N[C@@H]1CCCN(c2ccccc2F)C1=O)[C@H]1CCCO1. The highest BCUT2D eigenvalue weighted by molar-refractivity contribution is 5.98. The standard InChI is InChI=1S/C17H23FN2O2/c1-12(16-9-5-11-22-16)19-14-7-4-10-20(17(14)21)15-8-3-2-6-13(15)18/h2-3,6,8,12,14,16,19H,4-5,7,9-11H2,1H3/t12-,14+,16+/m0/s1. The van der Waals surface area contributed by atoms with Gasteiger partial charge in [-0.05, 0) is 44.7 Å². The van der Waals surface area contributed by atoms with Crippen molar-refractivity contribution in [3.63, 3.8) is 0 Å². The molecule has 1 amide bonds. The number of para-hydroxylation sites is 1. The summed E-state index contributed by atoms with van der Waals surface area (Å²) >= 11 is 0. The second kappa shape index (κ2) is 6.75. The lowest BCUT2D eigenvalue weighted by atomic mass is 10.0. The molecule has 4 nitrogen and oxygen atoms in total. The van der Waals surface area contributed by atoms with Crippen LogP contribution in [0, 0.1) is 5.82 Å². The molecule has 22 heavy (non-hydrogen) atoms. The first-order valence-electron chi connectivity index (χ1n) is 8.10. The summed E-state index contributed by atoms with van der Waals surface area (Å²) in [4.78, 5) is 14.3. The van der Waals surface area contributed by atoms with Crippen LogP contribution in [0.25, 0.3) is 0 Å². The molecule has 3 atom stereocenters. The first-order chi connectivity index (χ1) is 10.7. The van der Waals surface area contributed by atoms with Gasteiger partial charge in [-0.3, -0.25) is 4.79 Å². The lowest BCUT2D eigenvalue weighted by Gasteiger charge is -2.35. The van der Waals surface area contributed by atoms with Gasteiger partial charge >= 0.3 is 0 Å². The molecular weight excluding hydrogens is 283 g/mol. The molecule has 2 aliphatic rings. The smallest absolute Gasteiger partial charge is 0.244 e. The molecule has 0 unspecified atom stereocenters. The second-order valence-electron chi connectivity index (χ2n) is 6.14. The zero-order valence-corrected chi connectivity index (χ0v) is 12.9. The molecule has 2 saturated heterocycles. The number of ether oxygens (including phenoxy) is 1. The Balaban J connectivity index is 1.68. The number of piperidine rings is 1. The average molecular weight is 306 g/mol. The Morgan fingerprint density at radius 3 is 2.86 bits per heavy atom. The molecular formula is C17H23FN2O2. The number of carbonyl (C=O) groups excluding carboxylic acids is 1. The van der Waals surface area contributed by atoms with Crippen molar-refractivity contribution < 1.29 is 13.9 Å². The summed E-state index contributed by atoms with van der Waals surface area (Å²) in [7, 11) is 0. The molecule has 1 aromatic carbocycles. The van der Waals surface area contributed by atoms with Crippen LogP contribution in [0.3, 0.4) is 0 Å². The van der Waals surface area contributed by atoms with Crippen molar-refractivity contribution in [1.29, 1.82) is 0 Å². The number of nitrogens with zero attached hydrogens (tertiary/aromatic N) is 1. The highest BCUT2D eigenvalue weighted by atomic mass is 19.1. The third-order valence-electron chi connectivity index (χ3n) is 4.57. The van der Waals surface area contributed by atoms with Crippen LogP contribution in [0.2, 0.25) is 0 Å². The summed E-state index contributed by atoms with van der Waals surface area (Å²) < 4.78 is 19.6. The topological polar surface area (TPSA) is 41.6 Å². The van der Waals surface area contributed by atoms with E-state index in [1.54, 1.807) is 23.1 Å². The third kappa shape index (κ3) is 3.15. The Kier molecular flexibility index (Phi) is 4.74. The van der Waals surface area contributed by atoms with Crippen molar-refractivity contribution >= 4 is 11.6 Å². The van der Waals surface area contributed by atoms with E-state index in [9.17, 15) is 9.18 Å². The molecule has 0 aromatic heterocycles. The fraction of sp³-hybridized carbons (Fsp3) is 0.588. The minimum atomic E-state index is -0.344. The van der Waals surface area contributed by atoms with Gasteiger partial charge in [0.25, 0.3) is 0 Å². The molecule has 0 bridgehead atoms. The van der Waals surface area contributed by atoms with Crippen LogP contribution in [0.5, 0.6) is 0 Å². The minimum absolute atomic E-state index is 0.0406. The van der Waals surface area contributed by atoms with Crippen molar-refractivity contribution in [1.82, 2.24) is 5.32 Å². The number of hydrogen-bond donors (Lipinski definition) is 1. The summed E-state index contributed by atoms with van der Waals surface area (Å²) in [5.41, 5.74) is 0.378. The summed E-state index contributed by atoms with van der Waals surface area (Å²) in [6, 6.07) is 6.35. The van der Waals surface area contributed by atoms with Gasteiger partial charge in [-0.1, -0.05) is 12.1 Å². The summed E-state index contributed by atoms with van der Waals surface area (Å²) in [6.45, 7) is 3.44. The number of anilines is 1. The summed E-state index contributed by atoms with van der Waals surface area (Å²) in [5.74, 6) is -0.384. The maximum Gasteiger partial charge on any atom is 0.244 e. The van der Waals surface area contributed by atoms with Crippen LogP contribution < -0.4 is 10.2 Å². The van der Waals surface area contributed by atoms with Gasteiger partial charge in [0.1, 0.15) is 5.82 Å². The zero-order valence-electron chi connectivity index (χ0n) is 12.9. The first-order valence-corrected chi connectivity index (χ1v) is 8.10. The monoisotopic (exact) mass is 306 g/mol. The van der Waals surface area contributed by atoms with Gasteiger partial charge in [-0.15, -0.1) is 0 Å². The van der Waals surface area contributed by atoms with E-state index < -0.39 is 0 Å². The van der Waals surface area contributed by atoms with Crippen LogP contribution in [-0.2, 0) is 9.53 Å². The van der Waals surface area contributed by atoms with Crippen molar-refractivity contribution in [3.05, 3.63) is 30.1 Å². The number of amides is 1. The van der Waals surface area contributed by atoms with E-state index in [-0.39, 0.29) is 29.9 Å². The third-order valence-corrected chi connectivity index (χ3v) is 4.57. The lowest BCUT2D eigenvalue weighted by Crippen LogP contribution is -2.55. The number of halogens is 1. The largest absolute Gasteiger partial charge is 0.377 e. The van der Waals surface area contributed by atoms with Crippen LogP contribution in [-0.4, -0.2) is 37.2 Å². The average Bonchev–Trinajstić information content (AvgIpc) is 3.05. The number of hydrogen-bond acceptors (Lipinski definition) is 3. The fourth-order valence-electron chi connectivity index (χ4n) is 3.36. The maximum atomic E-state index is 13.9.